The van der Waals surface area contributed by atoms with Crippen molar-refractivity contribution in [1.82, 2.24) is 4.98 Å². The SMILES string of the molecule is CC(=O)Nc1cccc(NCc2csc(C3CCCC3)n2)c1. The summed E-state index contributed by atoms with van der Waals surface area (Å²) in [5.41, 5.74) is 2.89. The minimum atomic E-state index is -0.0575. The fourth-order valence-electron chi connectivity index (χ4n) is 2.87. The van der Waals surface area contributed by atoms with Crippen LogP contribution in [-0.2, 0) is 11.3 Å². The third kappa shape index (κ3) is 3.85. The van der Waals surface area contributed by atoms with E-state index in [1.807, 2.05) is 24.3 Å². The van der Waals surface area contributed by atoms with Gasteiger partial charge in [-0.15, -0.1) is 11.3 Å². The maximum Gasteiger partial charge on any atom is 0.221 e. The second kappa shape index (κ2) is 6.92. The maximum atomic E-state index is 11.1. The molecule has 1 aliphatic rings. The van der Waals surface area contributed by atoms with Crippen molar-refractivity contribution in [2.24, 2.45) is 0 Å². The highest BCUT2D eigenvalue weighted by Crippen LogP contribution is 2.35. The molecule has 0 aliphatic heterocycles. The molecule has 0 saturated heterocycles. The highest BCUT2D eigenvalue weighted by Gasteiger charge is 2.19. The molecule has 1 heterocycles. The smallest absolute Gasteiger partial charge is 0.221 e. The van der Waals surface area contributed by atoms with Crippen LogP contribution in [0.2, 0.25) is 0 Å². The van der Waals surface area contributed by atoms with Crippen LogP contribution >= 0.6 is 11.3 Å². The van der Waals surface area contributed by atoms with Gasteiger partial charge in [0.1, 0.15) is 0 Å². The highest BCUT2D eigenvalue weighted by molar-refractivity contribution is 7.09. The fourth-order valence-corrected chi connectivity index (χ4v) is 3.86. The number of rotatable bonds is 5. The zero-order valence-electron chi connectivity index (χ0n) is 12.8. The normalized spacial score (nSPS) is 15.0. The molecule has 0 bridgehead atoms. The average molecular weight is 315 g/mol. The van der Waals surface area contributed by atoms with E-state index in [1.54, 1.807) is 11.3 Å². The van der Waals surface area contributed by atoms with Crippen molar-refractivity contribution in [1.29, 1.82) is 0 Å². The van der Waals surface area contributed by atoms with Gasteiger partial charge in [0.25, 0.3) is 0 Å². The molecule has 22 heavy (non-hydrogen) atoms. The molecule has 1 aliphatic carbocycles. The topological polar surface area (TPSA) is 54.0 Å². The Morgan fingerprint density at radius 1 is 1.32 bits per heavy atom. The molecule has 0 atom stereocenters. The molecule has 0 unspecified atom stereocenters. The van der Waals surface area contributed by atoms with Crippen molar-refractivity contribution in [3.8, 4) is 0 Å². The average Bonchev–Trinajstić information content (AvgIpc) is 3.16. The van der Waals surface area contributed by atoms with Gasteiger partial charge in [-0.25, -0.2) is 4.98 Å². The molecule has 0 spiro atoms. The first kappa shape index (κ1) is 15.0. The summed E-state index contributed by atoms with van der Waals surface area (Å²) < 4.78 is 0. The quantitative estimate of drug-likeness (QED) is 0.861. The van der Waals surface area contributed by atoms with Crippen molar-refractivity contribution in [3.63, 3.8) is 0 Å². The minimum Gasteiger partial charge on any atom is -0.379 e. The minimum absolute atomic E-state index is 0.0575. The Hall–Kier alpha value is -1.88. The van der Waals surface area contributed by atoms with E-state index in [0.29, 0.717) is 12.5 Å². The number of amides is 1. The Morgan fingerprint density at radius 3 is 2.86 bits per heavy atom. The number of nitrogens with zero attached hydrogens (tertiary/aromatic N) is 1. The highest BCUT2D eigenvalue weighted by atomic mass is 32.1. The molecule has 1 fully saturated rings. The van der Waals surface area contributed by atoms with Crippen LogP contribution in [0.25, 0.3) is 0 Å². The van der Waals surface area contributed by atoms with Crippen LogP contribution in [0.5, 0.6) is 0 Å². The van der Waals surface area contributed by atoms with Gasteiger partial charge in [-0.1, -0.05) is 18.9 Å². The third-order valence-electron chi connectivity index (χ3n) is 3.93. The van der Waals surface area contributed by atoms with E-state index in [2.05, 4.69) is 16.0 Å². The van der Waals surface area contributed by atoms with E-state index in [-0.39, 0.29) is 5.91 Å². The largest absolute Gasteiger partial charge is 0.379 e. The number of hydrogen-bond acceptors (Lipinski definition) is 4. The van der Waals surface area contributed by atoms with E-state index < -0.39 is 0 Å². The van der Waals surface area contributed by atoms with Gasteiger partial charge >= 0.3 is 0 Å². The zero-order valence-corrected chi connectivity index (χ0v) is 13.6. The van der Waals surface area contributed by atoms with Crippen LogP contribution < -0.4 is 10.6 Å². The molecule has 1 aromatic carbocycles. The molecule has 2 N–H and O–H groups in total. The van der Waals surface area contributed by atoms with Crippen LogP contribution in [0, 0.1) is 0 Å². The monoisotopic (exact) mass is 315 g/mol. The summed E-state index contributed by atoms with van der Waals surface area (Å²) in [5.74, 6) is 0.625. The van der Waals surface area contributed by atoms with Crippen molar-refractivity contribution < 1.29 is 4.79 Å². The van der Waals surface area contributed by atoms with Crippen molar-refractivity contribution in [2.45, 2.75) is 45.1 Å². The molecule has 1 amide bonds. The summed E-state index contributed by atoms with van der Waals surface area (Å²) in [6, 6.07) is 7.74. The van der Waals surface area contributed by atoms with E-state index in [4.69, 9.17) is 4.98 Å². The van der Waals surface area contributed by atoms with Crippen LogP contribution in [0.4, 0.5) is 11.4 Å². The second-order valence-corrected chi connectivity index (χ2v) is 6.66. The lowest BCUT2D eigenvalue weighted by atomic mass is 10.1. The van der Waals surface area contributed by atoms with Gasteiger partial charge < -0.3 is 10.6 Å². The summed E-state index contributed by atoms with van der Waals surface area (Å²) in [6.45, 7) is 2.23. The first-order valence-electron chi connectivity index (χ1n) is 7.76. The number of aromatic nitrogens is 1. The lowest BCUT2D eigenvalue weighted by molar-refractivity contribution is -0.114. The van der Waals surface area contributed by atoms with Gasteiger partial charge in [-0.2, -0.15) is 0 Å². The Morgan fingerprint density at radius 2 is 2.09 bits per heavy atom. The Bertz CT molecular complexity index is 647. The van der Waals surface area contributed by atoms with Crippen LogP contribution in [0.3, 0.4) is 0 Å². The third-order valence-corrected chi connectivity index (χ3v) is 4.99. The predicted molar refractivity (Wildman–Crippen MR) is 91.4 cm³/mol. The van der Waals surface area contributed by atoms with Crippen molar-refractivity contribution in [2.75, 3.05) is 10.6 Å². The van der Waals surface area contributed by atoms with Crippen LogP contribution in [0.15, 0.2) is 29.6 Å². The standard InChI is InChI=1S/C17H21N3OS/c1-12(21)19-15-8-4-7-14(9-15)18-10-16-11-22-17(20-16)13-5-2-3-6-13/h4,7-9,11,13,18H,2-3,5-6,10H2,1H3,(H,19,21). The number of carbonyl (C=O) groups excluding carboxylic acids is 1. The number of carbonyl (C=O) groups is 1. The van der Waals surface area contributed by atoms with Gasteiger partial charge in [0, 0.05) is 29.6 Å². The van der Waals surface area contributed by atoms with Crippen molar-refractivity contribution >= 4 is 28.6 Å². The molecular weight excluding hydrogens is 294 g/mol. The summed E-state index contributed by atoms with van der Waals surface area (Å²) >= 11 is 1.79. The molecule has 5 heteroatoms. The molecule has 4 nitrogen and oxygen atoms in total. The van der Waals surface area contributed by atoms with Crippen LogP contribution in [0.1, 0.15) is 49.2 Å². The lowest BCUT2D eigenvalue weighted by Gasteiger charge is -2.08. The van der Waals surface area contributed by atoms with E-state index in [9.17, 15) is 4.79 Å². The second-order valence-electron chi connectivity index (χ2n) is 5.77. The number of anilines is 2. The fraction of sp³-hybridized carbons (Fsp3) is 0.412. The van der Waals surface area contributed by atoms with Crippen LogP contribution in [-0.4, -0.2) is 10.9 Å². The van der Waals surface area contributed by atoms with Crippen molar-refractivity contribution in [3.05, 3.63) is 40.3 Å². The summed E-state index contributed by atoms with van der Waals surface area (Å²) in [7, 11) is 0. The summed E-state index contributed by atoms with van der Waals surface area (Å²) in [5, 5.41) is 9.61. The molecule has 2 aromatic rings. The lowest BCUT2D eigenvalue weighted by Crippen LogP contribution is -2.06. The Kier molecular flexibility index (Phi) is 4.73. The molecule has 0 radical (unpaired) electrons. The van der Waals surface area contributed by atoms with Gasteiger partial charge in [0.2, 0.25) is 5.91 Å². The number of hydrogen-bond donors (Lipinski definition) is 2. The van der Waals surface area contributed by atoms with E-state index in [1.165, 1.54) is 37.6 Å². The summed E-state index contributed by atoms with van der Waals surface area (Å²) in [6.07, 6.45) is 5.26. The Balaban J connectivity index is 1.59. The maximum absolute atomic E-state index is 11.1. The molecule has 116 valence electrons. The molecule has 1 saturated carbocycles. The molecular formula is C17H21N3OS. The summed E-state index contributed by atoms with van der Waals surface area (Å²) in [4.78, 5) is 15.9. The van der Waals surface area contributed by atoms with Gasteiger partial charge in [-0.3, -0.25) is 4.79 Å². The molecule has 3 rings (SSSR count). The number of benzene rings is 1. The van der Waals surface area contributed by atoms with Gasteiger partial charge in [0.15, 0.2) is 0 Å². The molecule has 1 aromatic heterocycles. The van der Waals surface area contributed by atoms with E-state index >= 15 is 0 Å². The number of thiazole rings is 1. The predicted octanol–water partition coefficient (Wildman–Crippen LogP) is 4.37. The van der Waals surface area contributed by atoms with Gasteiger partial charge in [0.05, 0.1) is 17.2 Å². The Labute approximate surface area is 135 Å². The van der Waals surface area contributed by atoms with Gasteiger partial charge in [-0.05, 0) is 31.0 Å². The zero-order chi connectivity index (χ0) is 15.4. The first-order valence-corrected chi connectivity index (χ1v) is 8.64. The number of nitrogens with one attached hydrogen (secondary N) is 2. The van der Waals surface area contributed by atoms with E-state index in [0.717, 1.165) is 17.1 Å². The first-order chi connectivity index (χ1) is 10.7.